The van der Waals surface area contributed by atoms with E-state index in [0.29, 0.717) is 23.6 Å². The maximum absolute atomic E-state index is 12.6. The number of aryl methyl sites for hydroxylation is 2. The number of carbonyl (C=O) groups is 1. The lowest BCUT2D eigenvalue weighted by molar-refractivity contribution is 0.0887. The average Bonchev–Trinajstić information content (AvgIpc) is 2.88. The van der Waals surface area contributed by atoms with Crippen LogP contribution in [0.25, 0.3) is 10.9 Å². The van der Waals surface area contributed by atoms with Crippen LogP contribution in [0.1, 0.15) is 54.7 Å². The van der Waals surface area contributed by atoms with E-state index in [0.717, 1.165) is 17.3 Å². The van der Waals surface area contributed by atoms with Crippen molar-refractivity contribution in [3.63, 3.8) is 0 Å². The Hall–Kier alpha value is -1.77. The number of rotatable bonds is 2. The Labute approximate surface area is 132 Å². The maximum Gasteiger partial charge on any atom is 0.267 e. The molecule has 1 saturated carbocycles. The van der Waals surface area contributed by atoms with E-state index in [1.54, 1.807) is 0 Å². The van der Waals surface area contributed by atoms with Gasteiger partial charge in [-0.05, 0) is 55.4 Å². The number of amides is 1. The van der Waals surface area contributed by atoms with Crippen LogP contribution < -0.4 is 5.32 Å². The van der Waals surface area contributed by atoms with E-state index in [1.165, 1.54) is 24.0 Å². The Morgan fingerprint density at radius 3 is 2.73 bits per heavy atom. The van der Waals surface area contributed by atoms with E-state index in [1.807, 2.05) is 6.07 Å². The van der Waals surface area contributed by atoms with Crippen LogP contribution in [-0.4, -0.2) is 16.9 Å². The molecule has 0 radical (unpaired) electrons. The van der Waals surface area contributed by atoms with E-state index in [-0.39, 0.29) is 5.91 Å². The minimum absolute atomic E-state index is 0.0270. The summed E-state index contributed by atoms with van der Waals surface area (Å²) in [7, 11) is 0. The lowest BCUT2D eigenvalue weighted by atomic mass is 9.78. The number of aromatic amines is 1. The first-order valence-corrected chi connectivity index (χ1v) is 8.36. The van der Waals surface area contributed by atoms with Crippen LogP contribution in [0.15, 0.2) is 18.2 Å². The number of hydrogen-bond donors (Lipinski definition) is 2. The molecule has 1 amide bonds. The number of benzene rings is 1. The largest absolute Gasteiger partial charge is 0.351 e. The number of nitrogens with one attached hydrogen (secondary N) is 2. The summed E-state index contributed by atoms with van der Waals surface area (Å²) in [5.74, 6) is 1.26. The van der Waals surface area contributed by atoms with Crippen molar-refractivity contribution in [2.45, 2.75) is 53.0 Å². The molecular formula is C19H26N2O. The summed E-state index contributed by atoms with van der Waals surface area (Å²) in [5.41, 5.74) is 4.15. The predicted octanol–water partition coefficient (Wildman–Crippen LogP) is 4.34. The van der Waals surface area contributed by atoms with Gasteiger partial charge in [-0.3, -0.25) is 4.79 Å². The van der Waals surface area contributed by atoms with Crippen LogP contribution in [0.3, 0.4) is 0 Å². The van der Waals surface area contributed by atoms with Crippen molar-refractivity contribution >= 4 is 16.8 Å². The van der Waals surface area contributed by atoms with Gasteiger partial charge in [-0.15, -0.1) is 0 Å². The zero-order valence-electron chi connectivity index (χ0n) is 14.0. The van der Waals surface area contributed by atoms with Crippen molar-refractivity contribution in [1.29, 1.82) is 0 Å². The SMILES string of the molecule is Cc1cc(C)c2cc(C(=O)N[C@H]3CCC[C@@H](C)[C@H]3C)[nH]c2c1. The smallest absolute Gasteiger partial charge is 0.267 e. The first kappa shape index (κ1) is 15.1. The zero-order valence-corrected chi connectivity index (χ0v) is 14.0. The number of aromatic nitrogens is 1. The fourth-order valence-corrected chi connectivity index (χ4v) is 3.75. The standard InChI is InChI=1S/C19H26N2O/c1-11-8-13(3)15-10-18(20-17(15)9-11)19(22)21-16-7-5-6-12(2)14(16)4/h8-10,12,14,16,20H,5-7H2,1-4H3,(H,21,22)/t12-,14-,16+/m1/s1. The van der Waals surface area contributed by atoms with Gasteiger partial charge in [0.2, 0.25) is 0 Å². The monoisotopic (exact) mass is 298 g/mol. The molecule has 0 bridgehead atoms. The normalized spacial score (nSPS) is 25.4. The Morgan fingerprint density at radius 2 is 1.95 bits per heavy atom. The van der Waals surface area contributed by atoms with E-state index >= 15 is 0 Å². The quantitative estimate of drug-likeness (QED) is 0.851. The molecule has 3 atom stereocenters. The summed E-state index contributed by atoms with van der Waals surface area (Å²) in [6, 6.07) is 6.54. The fraction of sp³-hybridized carbons (Fsp3) is 0.526. The Morgan fingerprint density at radius 1 is 1.18 bits per heavy atom. The molecule has 1 aromatic carbocycles. The van der Waals surface area contributed by atoms with Crippen LogP contribution in [0.2, 0.25) is 0 Å². The molecule has 2 N–H and O–H groups in total. The third-order valence-electron chi connectivity index (χ3n) is 5.36. The molecule has 1 aliphatic rings. The second-order valence-electron chi connectivity index (χ2n) is 7.07. The summed E-state index contributed by atoms with van der Waals surface area (Å²) >= 11 is 0. The van der Waals surface area contributed by atoms with Crippen LogP contribution in [0.5, 0.6) is 0 Å². The van der Waals surface area contributed by atoms with Crippen molar-refractivity contribution < 1.29 is 4.79 Å². The molecule has 0 unspecified atom stereocenters. The van der Waals surface area contributed by atoms with Crippen LogP contribution >= 0.6 is 0 Å². The van der Waals surface area contributed by atoms with Crippen molar-refractivity contribution in [2.75, 3.05) is 0 Å². The lowest BCUT2D eigenvalue weighted by Crippen LogP contribution is -2.43. The molecule has 3 rings (SSSR count). The molecule has 22 heavy (non-hydrogen) atoms. The second kappa shape index (κ2) is 5.79. The highest BCUT2D eigenvalue weighted by Gasteiger charge is 2.28. The average molecular weight is 298 g/mol. The molecule has 1 fully saturated rings. The molecule has 1 heterocycles. The third-order valence-corrected chi connectivity index (χ3v) is 5.36. The Balaban J connectivity index is 1.82. The molecule has 3 nitrogen and oxygen atoms in total. The van der Waals surface area contributed by atoms with E-state index in [4.69, 9.17) is 0 Å². The number of H-pyrrole nitrogens is 1. The van der Waals surface area contributed by atoms with Crippen LogP contribution in [-0.2, 0) is 0 Å². The van der Waals surface area contributed by atoms with Crippen LogP contribution in [0, 0.1) is 25.7 Å². The molecule has 3 heteroatoms. The third kappa shape index (κ3) is 2.77. The van der Waals surface area contributed by atoms with Crippen LogP contribution in [0.4, 0.5) is 0 Å². The molecule has 0 saturated heterocycles. The van der Waals surface area contributed by atoms with E-state index in [2.05, 4.69) is 50.1 Å². The topological polar surface area (TPSA) is 44.9 Å². The molecule has 0 spiro atoms. The summed E-state index contributed by atoms with van der Waals surface area (Å²) in [6.45, 7) is 8.72. The summed E-state index contributed by atoms with van der Waals surface area (Å²) in [5, 5.41) is 4.38. The number of hydrogen-bond acceptors (Lipinski definition) is 1. The van der Waals surface area contributed by atoms with Gasteiger partial charge in [-0.2, -0.15) is 0 Å². The number of fused-ring (bicyclic) bond motifs is 1. The van der Waals surface area contributed by atoms with Gasteiger partial charge in [0, 0.05) is 16.9 Å². The van der Waals surface area contributed by atoms with Gasteiger partial charge in [-0.25, -0.2) is 0 Å². The van der Waals surface area contributed by atoms with Gasteiger partial charge < -0.3 is 10.3 Å². The molecule has 118 valence electrons. The van der Waals surface area contributed by atoms with Crippen molar-refractivity contribution in [1.82, 2.24) is 10.3 Å². The first-order chi connectivity index (χ1) is 10.5. The first-order valence-electron chi connectivity index (χ1n) is 8.36. The highest BCUT2D eigenvalue weighted by molar-refractivity contribution is 5.99. The molecule has 2 aromatic rings. The van der Waals surface area contributed by atoms with Crippen molar-refractivity contribution in [3.8, 4) is 0 Å². The summed E-state index contributed by atoms with van der Waals surface area (Å²) < 4.78 is 0. The van der Waals surface area contributed by atoms with Crippen molar-refractivity contribution in [2.24, 2.45) is 11.8 Å². The van der Waals surface area contributed by atoms with Gasteiger partial charge in [0.1, 0.15) is 5.69 Å². The summed E-state index contributed by atoms with van der Waals surface area (Å²) in [4.78, 5) is 15.9. The molecule has 0 aliphatic heterocycles. The summed E-state index contributed by atoms with van der Waals surface area (Å²) in [6.07, 6.45) is 3.58. The zero-order chi connectivity index (χ0) is 15.9. The lowest BCUT2D eigenvalue weighted by Gasteiger charge is -2.34. The van der Waals surface area contributed by atoms with Crippen molar-refractivity contribution in [3.05, 3.63) is 35.0 Å². The molecule has 1 aliphatic carbocycles. The maximum atomic E-state index is 12.6. The highest BCUT2D eigenvalue weighted by atomic mass is 16.1. The van der Waals surface area contributed by atoms with Gasteiger partial charge in [0.05, 0.1) is 0 Å². The fourth-order valence-electron chi connectivity index (χ4n) is 3.75. The molecular weight excluding hydrogens is 272 g/mol. The minimum Gasteiger partial charge on any atom is -0.351 e. The predicted molar refractivity (Wildman–Crippen MR) is 91.2 cm³/mol. The minimum atomic E-state index is 0.0270. The van der Waals surface area contributed by atoms with E-state index in [9.17, 15) is 4.79 Å². The van der Waals surface area contributed by atoms with E-state index < -0.39 is 0 Å². The Bertz CT molecular complexity index is 701. The van der Waals surface area contributed by atoms with Gasteiger partial charge in [0.15, 0.2) is 0 Å². The highest BCUT2D eigenvalue weighted by Crippen LogP contribution is 2.30. The second-order valence-corrected chi connectivity index (χ2v) is 7.07. The van der Waals surface area contributed by atoms with Gasteiger partial charge in [-0.1, -0.05) is 32.8 Å². The van der Waals surface area contributed by atoms with Gasteiger partial charge >= 0.3 is 0 Å². The number of carbonyl (C=O) groups excluding carboxylic acids is 1. The molecule has 1 aromatic heterocycles. The van der Waals surface area contributed by atoms with Gasteiger partial charge in [0.25, 0.3) is 5.91 Å². The Kier molecular flexibility index (Phi) is 3.98.